The minimum Gasteiger partial charge on any atom is -0.726 e. The standard InChI is InChI=1S/C13H20N2O5.C12H26O4S.2Na/c1-3-4-11-14-6-8-15(11,7-5-12(16)17)10(2)20-9-13(18)19;1-2-3-4-5-6-7-8-9-10-11-12-16-17(13,14)15;;/h3,10H,1,4-9H2,2H3,(H-,16,17,18,19);2-12H2,1H3,(H,13,14,15);;. The van der Waals surface area contributed by atoms with Gasteiger partial charge in [0, 0.05) is 66.0 Å². The third kappa shape index (κ3) is 22.4. The number of quaternary nitrogens is 1. The van der Waals surface area contributed by atoms with Crippen LogP contribution in [0.5, 0.6) is 0 Å². The van der Waals surface area contributed by atoms with Gasteiger partial charge in [-0.15, -0.1) is 6.58 Å². The summed E-state index contributed by atoms with van der Waals surface area (Å²) in [5.74, 6) is -1.13. The van der Waals surface area contributed by atoms with Gasteiger partial charge in [-0.1, -0.05) is 70.8 Å². The van der Waals surface area contributed by atoms with Gasteiger partial charge in [0.15, 0.2) is 12.8 Å². The first-order valence-corrected chi connectivity index (χ1v) is 14.5. The number of aliphatic carboxylic acids is 2. The quantitative estimate of drug-likeness (QED) is 0.0505. The van der Waals surface area contributed by atoms with Crippen LogP contribution in [-0.2, 0) is 28.9 Å². The zero-order valence-electron chi connectivity index (χ0n) is 24.4. The average molecular weight is 597 g/mol. The van der Waals surface area contributed by atoms with Crippen LogP contribution in [-0.4, -0.2) is 144 Å². The van der Waals surface area contributed by atoms with Gasteiger partial charge in [-0.05, 0) is 6.42 Å². The molecule has 11 nitrogen and oxygen atoms in total. The molecule has 39 heavy (non-hydrogen) atoms. The Bertz CT molecular complexity index is 813. The summed E-state index contributed by atoms with van der Waals surface area (Å²) >= 11 is 0. The van der Waals surface area contributed by atoms with Crippen molar-refractivity contribution in [3.05, 3.63) is 12.7 Å². The minimum atomic E-state index is -4.48. The maximum absolute atomic E-state index is 10.8. The Hall–Kier alpha value is 0.140. The van der Waals surface area contributed by atoms with Crippen LogP contribution in [0.4, 0.5) is 0 Å². The third-order valence-corrected chi connectivity index (χ3v) is 6.68. The predicted molar refractivity (Wildman–Crippen MR) is 151 cm³/mol. The molecule has 2 atom stereocenters. The summed E-state index contributed by atoms with van der Waals surface area (Å²) in [6.07, 6.45) is 13.5. The van der Waals surface area contributed by atoms with Crippen molar-refractivity contribution in [2.75, 3.05) is 32.8 Å². The van der Waals surface area contributed by atoms with Crippen LogP contribution in [0, 0.1) is 0 Å². The van der Waals surface area contributed by atoms with Gasteiger partial charge in [0.05, 0.1) is 32.5 Å². The van der Waals surface area contributed by atoms with Crippen LogP contribution < -0.4 is 0 Å². The number of aliphatic imine (C=N–C) groups is 1. The van der Waals surface area contributed by atoms with E-state index >= 15 is 0 Å². The van der Waals surface area contributed by atoms with Crippen LogP contribution in [0.15, 0.2) is 17.6 Å². The maximum Gasteiger partial charge on any atom is 0.329 e. The molecular formula is C25H46N2Na2O9S. The van der Waals surface area contributed by atoms with Crippen LogP contribution >= 0.6 is 0 Å². The third-order valence-electron chi connectivity index (χ3n) is 6.23. The SMILES string of the molecule is C=CCC1=NCC[N+]1(CCC(=O)O)C(C)OCC(=O)O.CCCCCCCCCCCCOS(=O)(=O)[O-].[Na].[Na]. The Morgan fingerprint density at radius 1 is 1.05 bits per heavy atom. The summed E-state index contributed by atoms with van der Waals surface area (Å²) in [4.78, 5) is 25.9. The van der Waals surface area contributed by atoms with E-state index < -0.39 is 35.2 Å². The molecule has 0 spiro atoms. The molecule has 0 aromatic heterocycles. The molecule has 0 bridgehead atoms. The molecule has 0 saturated carbocycles. The van der Waals surface area contributed by atoms with Gasteiger partial charge in [0.2, 0.25) is 16.2 Å². The zero-order valence-corrected chi connectivity index (χ0v) is 29.3. The van der Waals surface area contributed by atoms with Gasteiger partial charge in [0.25, 0.3) is 0 Å². The number of amidine groups is 1. The first kappa shape index (κ1) is 43.6. The number of rotatable bonds is 21. The molecule has 0 amide bonds. The van der Waals surface area contributed by atoms with E-state index in [4.69, 9.17) is 14.9 Å². The molecule has 1 aliphatic rings. The molecule has 2 unspecified atom stereocenters. The molecule has 14 heteroatoms. The second-order valence-corrected chi connectivity index (χ2v) is 10.2. The van der Waals surface area contributed by atoms with E-state index in [0.717, 1.165) is 18.7 Å². The van der Waals surface area contributed by atoms with Crippen LogP contribution in [0.2, 0.25) is 0 Å². The molecule has 0 aromatic carbocycles. The fourth-order valence-electron chi connectivity index (χ4n) is 4.20. The number of carboxylic acid groups (broad SMARTS) is 2. The number of hydrogen-bond acceptors (Lipinski definition) is 8. The second kappa shape index (κ2) is 25.8. The summed E-state index contributed by atoms with van der Waals surface area (Å²) in [5.41, 5.74) is 0. The van der Waals surface area contributed by atoms with Gasteiger partial charge in [-0.3, -0.25) is 13.5 Å². The van der Waals surface area contributed by atoms with Crippen LogP contribution in [0.3, 0.4) is 0 Å². The molecule has 2 radical (unpaired) electrons. The Morgan fingerprint density at radius 2 is 1.59 bits per heavy atom. The van der Waals surface area contributed by atoms with Gasteiger partial charge >= 0.3 is 11.9 Å². The normalized spacial score (nSPS) is 17.1. The maximum atomic E-state index is 10.8. The number of carbonyl (C=O) groups is 2. The smallest absolute Gasteiger partial charge is 0.329 e. The summed E-state index contributed by atoms with van der Waals surface area (Å²) in [6, 6.07) is 0. The fraction of sp³-hybridized carbons (Fsp3) is 0.800. The molecule has 0 aliphatic carbocycles. The zero-order chi connectivity index (χ0) is 28.2. The van der Waals surface area contributed by atoms with E-state index in [-0.39, 0.29) is 76.6 Å². The number of carboxylic acids is 2. The summed E-state index contributed by atoms with van der Waals surface area (Å²) in [7, 11) is -4.48. The van der Waals surface area contributed by atoms with Crippen molar-refractivity contribution in [2.45, 2.75) is 97.1 Å². The van der Waals surface area contributed by atoms with Crippen molar-refractivity contribution in [2.24, 2.45) is 4.99 Å². The van der Waals surface area contributed by atoms with Gasteiger partial charge in [-0.25, -0.2) is 18.2 Å². The first-order chi connectivity index (χ1) is 17.5. The number of ether oxygens (including phenoxy) is 1. The summed E-state index contributed by atoms with van der Waals surface area (Å²) in [6.45, 7) is 8.82. The van der Waals surface area contributed by atoms with Gasteiger partial charge in [-0.2, -0.15) is 0 Å². The van der Waals surface area contributed by atoms with Gasteiger partial charge in [0.1, 0.15) is 6.54 Å². The fourth-order valence-corrected chi connectivity index (χ4v) is 4.52. The van der Waals surface area contributed by atoms with Crippen molar-refractivity contribution in [3.8, 4) is 0 Å². The van der Waals surface area contributed by atoms with E-state index in [1.807, 2.05) is 0 Å². The van der Waals surface area contributed by atoms with Crippen molar-refractivity contribution < 1.29 is 46.2 Å². The molecule has 1 aliphatic heterocycles. The summed E-state index contributed by atoms with van der Waals surface area (Å²) in [5, 5.41) is 17.6. The first-order valence-electron chi connectivity index (χ1n) is 13.2. The molecule has 218 valence electrons. The molecule has 0 aromatic rings. The Kier molecular flexibility index (Phi) is 28.9. The van der Waals surface area contributed by atoms with Crippen molar-refractivity contribution in [1.29, 1.82) is 0 Å². The predicted octanol–water partition coefficient (Wildman–Crippen LogP) is 3.34. The average Bonchev–Trinajstić information content (AvgIpc) is 3.23. The second-order valence-electron chi connectivity index (χ2n) is 9.13. The number of hydrogen-bond donors (Lipinski definition) is 2. The molecule has 1 heterocycles. The largest absolute Gasteiger partial charge is 0.726 e. The van der Waals surface area contributed by atoms with E-state index in [2.05, 4.69) is 22.7 Å². The molecular weight excluding hydrogens is 550 g/mol. The van der Waals surface area contributed by atoms with Crippen molar-refractivity contribution in [3.63, 3.8) is 0 Å². The van der Waals surface area contributed by atoms with Gasteiger partial charge < -0.3 is 19.5 Å². The van der Waals surface area contributed by atoms with E-state index in [1.165, 1.54) is 44.9 Å². The molecule has 0 saturated heterocycles. The number of unbranched alkanes of at least 4 members (excludes halogenated alkanes) is 9. The Morgan fingerprint density at radius 3 is 2.05 bits per heavy atom. The van der Waals surface area contributed by atoms with E-state index in [9.17, 15) is 22.6 Å². The van der Waals surface area contributed by atoms with Crippen LogP contribution in [0.25, 0.3) is 0 Å². The monoisotopic (exact) mass is 596 g/mol. The van der Waals surface area contributed by atoms with Crippen LogP contribution in [0.1, 0.15) is 90.9 Å². The van der Waals surface area contributed by atoms with Crippen molar-refractivity contribution in [1.82, 2.24) is 0 Å². The molecule has 1 rings (SSSR count). The van der Waals surface area contributed by atoms with E-state index in [1.54, 1.807) is 13.0 Å². The minimum absolute atomic E-state index is 0. The topological polar surface area (TPSA) is 163 Å². The number of nitrogens with zero attached hydrogens (tertiary/aromatic N) is 2. The Labute approximate surface area is 278 Å². The molecule has 0 fully saturated rings. The van der Waals surface area contributed by atoms with E-state index in [0.29, 0.717) is 32.5 Å². The Balaban J connectivity index is -0.000000641. The van der Waals surface area contributed by atoms with Crippen molar-refractivity contribution >= 4 is 87.3 Å². The summed E-state index contributed by atoms with van der Waals surface area (Å²) < 4.78 is 40.1. The molecule has 2 N–H and O–H groups in total.